The minimum Gasteiger partial charge on any atom is -0.370 e. The van der Waals surface area contributed by atoms with Crippen molar-refractivity contribution in [2.45, 2.75) is 39.7 Å². The molecule has 6 nitrogen and oxygen atoms in total. The number of nitrogens with zero attached hydrogens (tertiary/aromatic N) is 3. The van der Waals surface area contributed by atoms with Gasteiger partial charge >= 0.3 is 0 Å². The molecule has 6 heteroatoms. The van der Waals surface area contributed by atoms with Crippen LogP contribution in [0.15, 0.2) is 59.5 Å². The molecule has 0 saturated carbocycles. The molecule has 2 N–H and O–H groups in total. The third-order valence-electron chi connectivity index (χ3n) is 5.87. The van der Waals surface area contributed by atoms with Crippen molar-refractivity contribution in [3.05, 3.63) is 65.1 Å². The van der Waals surface area contributed by atoms with Gasteiger partial charge in [0.25, 0.3) is 5.56 Å². The lowest BCUT2D eigenvalue weighted by molar-refractivity contribution is 0.532. The minimum absolute atomic E-state index is 0.0795. The van der Waals surface area contributed by atoms with Crippen molar-refractivity contribution in [2.75, 3.05) is 24.5 Å². The number of pyridine rings is 1. The van der Waals surface area contributed by atoms with Crippen LogP contribution in [-0.4, -0.2) is 40.4 Å². The number of hydrogen-bond donors (Lipinski definition) is 2. The van der Waals surface area contributed by atoms with E-state index in [1.54, 1.807) is 10.9 Å². The van der Waals surface area contributed by atoms with Crippen molar-refractivity contribution in [3.63, 3.8) is 0 Å². The van der Waals surface area contributed by atoms with Gasteiger partial charge in [-0.1, -0.05) is 32.0 Å². The maximum Gasteiger partial charge on any atom is 0.280 e. The molecular weight excluding hydrogens is 386 g/mol. The number of H-pyrrole nitrogens is 1. The number of anilines is 1. The van der Waals surface area contributed by atoms with Gasteiger partial charge in [0.15, 0.2) is 0 Å². The zero-order chi connectivity index (χ0) is 21.8. The highest BCUT2D eigenvalue weighted by atomic mass is 16.1. The Bertz CT molecular complexity index is 1210. The summed E-state index contributed by atoms with van der Waals surface area (Å²) >= 11 is 0. The number of rotatable bonds is 9. The molecule has 1 unspecified atom stereocenters. The number of benzene rings is 2. The Morgan fingerprint density at radius 3 is 2.65 bits per heavy atom. The van der Waals surface area contributed by atoms with Gasteiger partial charge in [0.1, 0.15) is 0 Å². The van der Waals surface area contributed by atoms with Crippen LogP contribution in [0, 0.1) is 0 Å². The van der Waals surface area contributed by atoms with Crippen molar-refractivity contribution in [3.8, 4) is 5.69 Å². The Hall–Kier alpha value is -3.12. The predicted octanol–water partition coefficient (Wildman–Crippen LogP) is 4.47. The number of nitrogens with one attached hydrogen (secondary N) is 2. The first-order valence-electron chi connectivity index (χ1n) is 11.2. The van der Waals surface area contributed by atoms with Crippen LogP contribution >= 0.6 is 0 Å². The molecule has 2 heterocycles. The second-order valence-corrected chi connectivity index (χ2v) is 8.09. The SMILES string of the molecule is CCCN(CCNC(C)CC)c1ccc2ncc3c(=O)n(-c4ccccc4)[nH]c3c2c1. The molecule has 0 aliphatic rings. The van der Waals surface area contributed by atoms with E-state index in [-0.39, 0.29) is 5.56 Å². The predicted molar refractivity (Wildman–Crippen MR) is 129 cm³/mol. The van der Waals surface area contributed by atoms with Gasteiger partial charge < -0.3 is 10.2 Å². The molecule has 0 radical (unpaired) electrons. The van der Waals surface area contributed by atoms with Gasteiger partial charge in [0.2, 0.25) is 0 Å². The van der Waals surface area contributed by atoms with E-state index < -0.39 is 0 Å². The van der Waals surface area contributed by atoms with Gasteiger partial charge in [-0.25, -0.2) is 4.68 Å². The molecule has 2 aromatic heterocycles. The Kier molecular flexibility index (Phi) is 6.37. The maximum atomic E-state index is 13.0. The molecule has 4 aromatic rings. The van der Waals surface area contributed by atoms with E-state index in [0.717, 1.165) is 60.3 Å². The van der Waals surface area contributed by atoms with E-state index in [0.29, 0.717) is 11.4 Å². The van der Waals surface area contributed by atoms with Crippen LogP contribution in [0.4, 0.5) is 5.69 Å². The van der Waals surface area contributed by atoms with E-state index in [1.165, 1.54) is 0 Å². The van der Waals surface area contributed by atoms with Gasteiger partial charge in [0, 0.05) is 42.9 Å². The average molecular weight is 418 g/mol. The van der Waals surface area contributed by atoms with E-state index in [4.69, 9.17) is 0 Å². The number of hydrogen-bond acceptors (Lipinski definition) is 4. The van der Waals surface area contributed by atoms with Crippen molar-refractivity contribution in [2.24, 2.45) is 0 Å². The van der Waals surface area contributed by atoms with Gasteiger partial charge in [-0.05, 0) is 50.1 Å². The molecule has 162 valence electrons. The van der Waals surface area contributed by atoms with Crippen LogP contribution in [0.2, 0.25) is 0 Å². The molecule has 0 spiro atoms. The van der Waals surface area contributed by atoms with Gasteiger partial charge in [-0.2, -0.15) is 0 Å². The molecule has 0 aliphatic heterocycles. The maximum absolute atomic E-state index is 13.0. The Balaban J connectivity index is 1.74. The molecule has 0 amide bonds. The van der Waals surface area contributed by atoms with Crippen LogP contribution in [0.3, 0.4) is 0 Å². The molecule has 0 fully saturated rings. The number of aromatic amines is 1. The molecule has 0 aliphatic carbocycles. The summed E-state index contributed by atoms with van der Waals surface area (Å²) in [4.78, 5) is 20.0. The van der Waals surface area contributed by atoms with Crippen molar-refractivity contribution in [1.29, 1.82) is 0 Å². The van der Waals surface area contributed by atoms with Crippen molar-refractivity contribution >= 4 is 27.5 Å². The summed E-state index contributed by atoms with van der Waals surface area (Å²) in [7, 11) is 0. The van der Waals surface area contributed by atoms with Gasteiger partial charge in [-0.3, -0.25) is 14.9 Å². The molecular formula is C25H31N5O. The zero-order valence-corrected chi connectivity index (χ0v) is 18.6. The number of para-hydroxylation sites is 1. The molecule has 1 atom stereocenters. The highest BCUT2D eigenvalue weighted by Gasteiger charge is 2.14. The Labute approximate surface area is 182 Å². The summed E-state index contributed by atoms with van der Waals surface area (Å²) in [5.74, 6) is 0. The largest absolute Gasteiger partial charge is 0.370 e. The molecule has 31 heavy (non-hydrogen) atoms. The van der Waals surface area contributed by atoms with Crippen LogP contribution in [0.5, 0.6) is 0 Å². The lowest BCUT2D eigenvalue weighted by Crippen LogP contribution is -2.36. The van der Waals surface area contributed by atoms with Gasteiger partial charge in [0.05, 0.1) is 22.1 Å². The first-order valence-corrected chi connectivity index (χ1v) is 11.2. The van der Waals surface area contributed by atoms with E-state index in [9.17, 15) is 4.79 Å². The quantitative estimate of drug-likeness (QED) is 0.422. The Morgan fingerprint density at radius 2 is 1.90 bits per heavy atom. The van der Waals surface area contributed by atoms with Crippen molar-refractivity contribution in [1.82, 2.24) is 20.1 Å². The smallest absolute Gasteiger partial charge is 0.280 e. The molecule has 0 bridgehead atoms. The Morgan fingerprint density at radius 1 is 1.10 bits per heavy atom. The van der Waals surface area contributed by atoms with Crippen LogP contribution in [0.1, 0.15) is 33.6 Å². The summed E-state index contributed by atoms with van der Waals surface area (Å²) < 4.78 is 1.60. The third kappa shape index (κ3) is 4.35. The highest BCUT2D eigenvalue weighted by Crippen LogP contribution is 2.26. The van der Waals surface area contributed by atoms with E-state index >= 15 is 0 Å². The summed E-state index contributed by atoms with van der Waals surface area (Å²) in [6, 6.07) is 16.5. The number of fused-ring (bicyclic) bond motifs is 3. The summed E-state index contributed by atoms with van der Waals surface area (Å²) in [5, 5.41) is 8.48. The molecule has 4 rings (SSSR count). The summed E-state index contributed by atoms with van der Waals surface area (Å²) in [6.45, 7) is 9.49. The third-order valence-corrected chi connectivity index (χ3v) is 5.87. The first-order chi connectivity index (χ1) is 15.1. The lowest BCUT2D eigenvalue weighted by Gasteiger charge is -2.25. The second kappa shape index (κ2) is 9.35. The average Bonchev–Trinajstić information content (AvgIpc) is 3.15. The second-order valence-electron chi connectivity index (χ2n) is 8.09. The summed E-state index contributed by atoms with van der Waals surface area (Å²) in [5.41, 5.74) is 3.60. The first kappa shape index (κ1) is 21.1. The standard InChI is InChI=1S/C25H31N5O/c1-4-14-29(15-13-26-18(3)5-2)20-11-12-23-21(16-20)24-22(17-27-23)25(31)30(28-24)19-9-7-6-8-10-19/h6-12,16-18,26,28H,4-5,13-15H2,1-3H3. The van der Waals surface area contributed by atoms with E-state index in [1.807, 2.05) is 36.4 Å². The van der Waals surface area contributed by atoms with E-state index in [2.05, 4.69) is 53.2 Å². The van der Waals surface area contributed by atoms with Gasteiger partial charge in [-0.15, -0.1) is 0 Å². The highest BCUT2D eigenvalue weighted by molar-refractivity contribution is 6.04. The fraction of sp³-hybridized carbons (Fsp3) is 0.360. The normalized spacial score (nSPS) is 12.5. The molecule has 0 saturated heterocycles. The topological polar surface area (TPSA) is 66.0 Å². The van der Waals surface area contributed by atoms with Crippen molar-refractivity contribution < 1.29 is 0 Å². The van der Waals surface area contributed by atoms with Crippen LogP contribution < -0.4 is 15.8 Å². The summed E-state index contributed by atoms with van der Waals surface area (Å²) in [6.07, 6.45) is 3.87. The minimum atomic E-state index is -0.0795. The number of aromatic nitrogens is 3. The monoisotopic (exact) mass is 417 g/mol. The zero-order valence-electron chi connectivity index (χ0n) is 18.6. The fourth-order valence-corrected chi connectivity index (χ4v) is 3.93. The lowest BCUT2D eigenvalue weighted by atomic mass is 10.1. The van der Waals surface area contributed by atoms with Crippen LogP contribution in [-0.2, 0) is 0 Å². The fourth-order valence-electron chi connectivity index (χ4n) is 3.93. The van der Waals surface area contributed by atoms with Crippen LogP contribution in [0.25, 0.3) is 27.5 Å². The molecule has 2 aromatic carbocycles.